The Kier molecular flexibility index (Phi) is 7.82. The maximum absolute atomic E-state index is 13.3. The van der Waals surface area contributed by atoms with E-state index in [1.54, 1.807) is 48.5 Å². The molecule has 3 rings (SSSR count). The van der Waals surface area contributed by atoms with E-state index < -0.39 is 11.2 Å². The summed E-state index contributed by atoms with van der Waals surface area (Å²) in [4.78, 5) is 50.9. The van der Waals surface area contributed by atoms with Crippen molar-refractivity contribution < 1.29 is 9.59 Å². The maximum atomic E-state index is 13.3. The Bertz CT molecular complexity index is 1260. The molecule has 0 aliphatic rings. The second-order valence-corrected chi connectivity index (χ2v) is 8.30. The second kappa shape index (κ2) is 10.8. The number of fused-ring (bicyclic) bond motifs is 1. The zero-order valence-electron chi connectivity index (χ0n) is 19.3. The molecular formula is C25H30N4O4. The van der Waals surface area contributed by atoms with Crippen LogP contribution in [0.2, 0.25) is 0 Å². The second-order valence-electron chi connectivity index (χ2n) is 8.30. The van der Waals surface area contributed by atoms with Crippen LogP contribution in [0.25, 0.3) is 16.6 Å². The summed E-state index contributed by atoms with van der Waals surface area (Å²) in [5.74, 6) is -0.385. The molecule has 1 heterocycles. The summed E-state index contributed by atoms with van der Waals surface area (Å²) in [6, 6.07) is 13.4. The summed E-state index contributed by atoms with van der Waals surface area (Å²) in [5, 5.41) is 5.99. The lowest BCUT2D eigenvalue weighted by atomic mass is 10.1. The average Bonchev–Trinajstić information content (AvgIpc) is 2.77. The number of unbranched alkanes of at least 4 members (excludes halogenated alkanes) is 1. The zero-order valence-corrected chi connectivity index (χ0v) is 19.3. The Balaban J connectivity index is 1.98. The molecule has 0 aliphatic heterocycles. The average molecular weight is 451 g/mol. The highest BCUT2D eigenvalue weighted by atomic mass is 16.2. The van der Waals surface area contributed by atoms with Gasteiger partial charge < -0.3 is 10.6 Å². The SMILES string of the molecule is CCCCNC(=O)Cc1ccc(-n2c(=O)c3ccccc3n(CC(=O)NC(C)C)c2=O)cc1. The molecule has 0 bridgehead atoms. The molecule has 8 nitrogen and oxygen atoms in total. The van der Waals surface area contributed by atoms with Crippen LogP contribution in [0.4, 0.5) is 0 Å². The van der Waals surface area contributed by atoms with E-state index in [1.807, 2.05) is 13.8 Å². The highest BCUT2D eigenvalue weighted by Gasteiger charge is 2.17. The van der Waals surface area contributed by atoms with E-state index >= 15 is 0 Å². The molecule has 2 amide bonds. The first-order valence-corrected chi connectivity index (χ1v) is 11.2. The Labute approximate surface area is 192 Å². The van der Waals surface area contributed by atoms with Gasteiger partial charge >= 0.3 is 5.69 Å². The monoisotopic (exact) mass is 450 g/mol. The van der Waals surface area contributed by atoms with E-state index in [2.05, 4.69) is 17.6 Å². The first-order valence-electron chi connectivity index (χ1n) is 11.2. The topological polar surface area (TPSA) is 102 Å². The van der Waals surface area contributed by atoms with Crippen molar-refractivity contribution in [2.45, 2.75) is 52.6 Å². The Morgan fingerprint density at radius 2 is 1.67 bits per heavy atom. The summed E-state index contributed by atoms with van der Waals surface area (Å²) in [6.45, 7) is 6.18. The number of rotatable bonds is 9. The Hall–Kier alpha value is -3.68. The molecular weight excluding hydrogens is 420 g/mol. The van der Waals surface area contributed by atoms with Crippen molar-refractivity contribution in [2.75, 3.05) is 6.54 Å². The summed E-state index contributed by atoms with van der Waals surface area (Å²) < 4.78 is 2.37. The summed E-state index contributed by atoms with van der Waals surface area (Å²) in [7, 11) is 0. The third-order valence-electron chi connectivity index (χ3n) is 5.21. The van der Waals surface area contributed by atoms with Crippen LogP contribution in [-0.2, 0) is 22.6 Å². The lowest BCUT2D eigenvalue weighted by Gasteiger charge is -2.15. The van der Waals surface area contributed by atoms with E-state index in [1.165, 1.54) is 4.57 Å². The fourth-order valence-electron chi connectivity index (χ4n) is 3.63. The summed E-state index contributed by atoms with van der Waals surface area (Å²) in [5.41, 5.74) is 0.508. The zero-order chi connectivity index (χ0) is 24.0. The first-order chi connectivity index (χ1) is 15.8. The van der Waals surface area contributed by atoms with Crippen LogP contribution in [0.1, 0.15) is 39.2 Å². The third kappa shape index (κ3) is 5.77. The van der Waals surface area contributed by atoms with Gasteiger partial charge in [-0.3, -0.25) is 19.0 Å². The summed E-state index contributed by atoms with van der Waals surface area (Å²) in [6.07, 6.45) is 2.15. The van der Waals surface area contributed by atoms with Crippen LogP contribution >= 0.6 is 0 Å². The van der Waals surface area contributed by atoms with Gasteiger partial charge in [-0.25, -0.2) is 9.36 Å². The molecule has 0 saturated carbocycles. The molecule has 3 aromatic rings. The van der Waals surface area contributed by atoms with Crippen LogP contribution < -0.4 is 21.9 Å². The highest BCUT2D eigenvalue weighted by molar-refractivity contribution is 5.82. The van der Waals surface area contributed by atoms with Gasteiger partial charge in [0.15, 0.2) is 0 Å². The molecule has 33 heavy (non-hydrogen) atoms. The predicted octanol–water partition coefficient (Wildman–Crippen LogP) is 2.14. The number of carbonyl (C=O) groups is 2. The third-order valence-corrected chi connectivity index (χ3v) is 5.21. The molecule has 2 N–H and O–H groups in total. The molecule has 0 saturated heterocycles. The molecule has 2 aromatic carbocycles. The lowest BCUT2D eigenvalue weighted by molar-refractivity contribution is -0.122. The van der Waals surface area contributed by atoms with Crippen molar-refractivity contribution in [3.8, 4) is 5.69 Å². The fraction of sp³-hybridized carbons (Fsp3) is 0.360. The Morgan fingerprint density at radius 3 is 2.33 bits per heavy atom. The predicted molar refractivity (Wildman–Crippen MR) is 129 cm³/mol. The van der Waals surface area contributed by atoms with Crippen LogP contribution in [0, 0.1) is 0 Å². The van der Waals surface area contributed by atoms with Crippen molar-refractivity contribution >= 4 is 22.7 Å². The van der Waals surface area contributed by atoms with E-state index in [4.69, 9.17) is 0 Å². The number of nitrogens with one attached hydrogen (secondary N) is 2. The fourth-order valence-corrected chi connectivity index (χ4v) is 3.63. The van der Waals surface area contributed by atoms with Crippen LogP contribution in [0.3, 0.4) is 0 Å². The highest BCUT2D eigenvalue weighted by Crippen LogP contribution is 2.12. The normalized spacial score (nSPS) is 11.0. The molecule has 8 heteroatoms. The number of carbonyl (C=O) groups excluding carboxylic acids is 2. The Morgan fingerprint density at radius 1 is 0.970 bits per heavy atom. The van der Waals surface area contributed by atoms with Gasteiger partial charge in [0.25, 0.3) is 5.56 Å². The van der Waals surface area contributed by atoms with Crippen LogP contribution in [-0.4, -0.2) is 33.5 Å². The smallest absolute Gasteiger partial charge is 0.336 e. The first kappa shape index (κ1) is 24.0. The maximum Gasteiger partial charge on any atom is 0.336 e. The number of amides is 2. The molecule has 0 atom stereocenters. The van der Waals surface area contributed by atoms with E-state index in [0.717, 1.165) is 23.0 Å². The van der Waals surface area contributed by atoms with E-state index in [9.17, 15) is 19.2 Å². The molecule has 0 unspecified atom stereocenters. The lowest BCUT2D eigenvalue weighted by Crippen LogP contribution is -2.42. The van der Waals surface area contributed by atoms with Gasteiger partial charge in [0.2, 0.25) is 11.8 Å². The van der Waals surface area contributed by atoms with Crippen molar-refractivity contribution in [2.24, 2.45) is 0 Å². The van der Waals surface area contributed by atoms with Crippen LogP contribution in [0.5, 0.6) is 0 Å². The molecule has 174 valence electrons. The summed E-state index contributed by atoms with van der Waals surface area (Å²) >= 11 is 0. The minimum Gasteiger partial charge on any atom is -0.356 e. The van der Waals surface area contributed by atoms with E-state index in [0.29, 0.717) is 23.1 Å². The largest absolute Gasteiger partial charge is 0.356 e. The number of hydrogen-bond donors (Lipinski definition) is 2. The van der Waals surface area contributed by atoms with Gasteiger partial charge in [-0.05, 0) is 50.1 Å². The molecule has 0 fully saturated rings. The minimum atomic E-state index is -0.595. The molecule has 0 spiro atoms. The van der Waals surface area contributed by atoms with Gasteiger partial charge in [0.1, 0.15) is 6.54 Å². The van der Waals surface area contributed by atoms with Crippen molar-refractivity contribution in [3.63, 3.8) is 0 Å². The molecule has 1 aromatic heterocycles. The number of aromatic nitrogens is 2. The quantitative estimate of drug-likeness (QED) is 0.488. The molecule has 0 radical (unpaired) electrons. The minimum absolute atomic E-state index is 0.0717. The number of hydrogen-bond acceptors (Lipinski definition) is 4. The van der Waals surface area contributed by atoms with Gasteiger partial charge in [-0.15, -0.1) is 0 Å². The van der Waals surface area contributed by atoms with Gasteiger partial charge in [-0.2, -0.15) is 0 Å². The van der Waals surface area contributed by atoms with E-state index in [-0.39, 0.29) is 30.8 Å². The van der Waals surface area contributed by atoms with Crippen molar-refractivity contribution in [3.05, 3.63) is 74.9 Å². The number of para-hydroxylation sites is 1. The van der Waals surface area contributed by atoms with Crippen molar-refractivity contribution in [1.29, 1.82) is 0 Å². The molecule has 0 aliphatic carbocycles. The van der Waals surface area contributed by atoms with Gasteiger partial charge in [-0.1, -0.05) is 37.6 Å². The van der Waals surface area contributed by atoms with Crippen molar-refractivity contribution in [1.82, 2.24) is 19.8 Å². The number of benzene rings is 2. The van der Waals surface area contributed by atoms with Gasteiger partial charge in [0, 0.05) is 12.6 Å². The standard InChI is InChI=1S/C25H30N4O4/c1-4-5-14-26-22(30)15-18-10-12-19(13-11-18)29-24(32)20-8-6-7-9-21(20)28(25(29)33)16-23(31)27-17(2)3/h6-13,17H,4-5,14-16H2,1-3H3,(H,26,30)(H,27,31). The van der Waals surface area contributed by atoms with Gasteiger partial charge in [0.05, 0.1) is 23.0 Å². The van der Waals surface area contributed by atoms with Crippen LogP contribution in [0.15, 0.2) is 58.1 Å². The number of nitrogens with zero attached hydrogens (tertiary/aromatic N) is 2.